The number of hydrogen-bond donors (Lipinski definition) is 2. The van der Waals surface area contributed by atoms with Gasteiger partial charge in [0.15, 0.2) is 6.23 Å². The molecular weight excluding hydrogens is 196 g/mol. The zero-order chi connectivity index (χ0) is 11.0. The maximum absolute atomic E-state index is 10.8. The fourth-order valence-electron chi connectivity index (χ4n) is 1.51. The second kappa shape index (κ2) is 3.36. The lowest BCUT2D eigenvalue weighted by Gasteiger charge is -2.32. The topological polar surface area (TPSA) is 73.1 Å². The van der Waals surface area contributed by atoms with Crippen molar-refractivity contribution in [1.29, 1.82) is 0 Å². The van der Waals surface area contributed by atoms with E-state index in [0.717, 1.165) is 5.57 Å². The SMILES string of the molecule is CC1=CC=CN2C1=NC=C(C(=O)O)[C@@H]2O. The summed E-state index contributed by atoms with van der Waals surface area (Å²) >= 11 is 0. The van der Waals surface area contributed by atoms with Crippen LogP contribution in [-0.2, 0) is 4.79 Å². The molecule has 2 heterocycles. The van der Waals surface area contributed by atoms with Gasteiger partial charge in [0.25, 0.3) is 0 Å². The van der Waals surface area contributed by atoms with Gasteiger partial charge in [-0.25, -0.2) is 9.79 Å². The van der Waals surface area contributed by atoms with Crippen LogP contribution in [0.5, 0.6) is 0 Å². The first-order valence-electron chi connectivity index (χ1n) is 4.44. The summed E-state index contributed by atoms with van der Waals surface area (Å²) in [5.74, 6) is -0.582. The summed E-state index contributed by atoms with van der Waals surface area (Å²) in [7, 11) is 0. The smallest absolute Gasteiger partial charge is 0.337 e. The first-order chi connectivity index (χ1) is 7.11. The molecule has 0 aromatic carbocycles. The number of aliphatic imine (C=N–C) groups is 1. The lowest BCUT2D eigenvalue weighted by Crippen LogP contribution is -2.42. The number of allylic oxidation sites excluding steroid dienone is 2. The van der Waals surface area contributed by atoms with Crippen molar-refractivity contribution in [3.8, 4) is 0 Å². The number of aliphatic carboxylic acids is 1. The molecule has 5 heteroatoms. The molecule has 2 rings (SSSR count). The third-order valence-corrected chi connectivity index (χ3v) is 2.30. The fourth-order valence-corrected chi connectivity index (χ4v) is 1.51. The lowest BCUT2D eigenvalue weighted by molar-refractivity contribution is -0.134. The van der Waals surface area contributed by atoms with Crippen LogP contribution in [0.15, 0.2) is 40.7 Å². The number of nitrogens with zero attached hydrogens (tertiary/aromatic N) is 2. The quantitative estimate of drug-likeness (QED) is 0.653. The summed E-state index contributed by atoms with van der Waals surface area (Å²) in [4.78, 5) is 16.2. The minimum absolute atomic E-state index is 0.127. The predicted molar refractivity (Wildman–Crippen MR) is 53.9 cm³/mol. The van der Waals surface area contributed by atoms with Crippen molar-refractivity contribution in [3.63, 3.8) is 0 Å². The van der Waals surface area contributed by atoms with E-state index >= 15 is 0 Å². The van der Waals surface area contributed by atoms with Gasteiger partial charge in [0.2, 0.25) is 0 Å². The van der Waals surface area contributed by atoms with Crippen molar-refractivity contribution in [3.05, 3.63) is 35.7 Å². The van der Waals surface area contributed by atoms with Crippen LogP contribution < -0.4 is 0 Å². The van der Waals surface area contributed by atoms with Crippen molar-refractivity contribution >= 4 is 11.8 Å². The number of rotatable bonds is 1. The highest BCUT2D eigenvalue weighted by Gasteiger charge is 2.30. The summed E-state index contributed by atoms with van der Waals surface area (Å²) in [6.07, 6.45) is 5.21. The molecular formula is C10H10N2O3. The normalized spacial score (nSPS) is 24.0. The van der Waals surface area contributed by atoms with E-state index in [1.807, 2.05) is 13.0 Å². The highest BCUT2D eigenvalue weighted by Crippen LogP contribution is 2.21. The Kier molecular flexibility index (Phi) is 2.17. The van der Waals surface area contributed by atoms with Crippen LogP contribution >= 0.6 is 0 Å². The second-order valence-electron chi connectivity index (χ2n) is 3.31. The molecule has 0 bridgehead atoms. The molecule has 0 aliphatic carbocycles. The van der Waals surface area contributed by atoms with Crippen LogP contribution in [0.2, 0.25) is 0 Å². The molecule has 0 saturated heterocycles. The third-order valence-electron chi connectivity index (χ3n) is 2.30. The van der Waals surface area contributed by atoms with Gasteiger partial charge in [0.1, 0.15) is 11.4 Å². The zero-order valence-corrected chi connectivity index (χ0v) is 8.08. The molecule has 0 radical (unpaired) electrons. The molecule has 0 unspecified atom stereocenters. The Morgan fingerprint density at radius 1 is 1.60 bits per heavy atom. The minimum atomic E-state index is -1.17. The van der Waals surface area contributed by atoms with Gasteiger partial charge in [0, 0.05) is 12.4 Å². The maximum atomic E-state index is 10.8. The predicted octanol–water partition coefficient (Wildman–Crippen LogP) is 0.461. The monoisotopic (exact) mass is 206 g/mol. The van der Waals surface area contributed by atoms with Gasteiger partial charge in [-0.3, -0.25) is 0 Å². The summed E-state index contributed by atoms with van der Waals surface area (Å²) in [5, 5.41) is 18.6. The van der Waals surface area contributed by atoms with E-state index in [9.17, 15) is 9.90 Å². The number of aliphatic hydroxyl groups is 1. The molecule has 5 nitrogen and oxygen atoms in total. The number of carboxylic acid groups (broad SMARTS) is 1. The first-order valence-corrected chi connectivity index (χ1v) is 4.44. The van der Waals surface area contributed by atoms with E-state index in [0.29, 0.717) is 5.84 Å². The van der Waals surface area contributed by atoms with Gasteiger partial charge >= 0.3 is 5.97 Å². The summed E-state index contributed by atoms with van der Waals surface area (Å²) in [6, 6.07) is 0. The molecule has 0 spiro atoms. The molecule has 0 aromatic rings. The number of carbonyl (C=O) groups is 1. The van der Waals surface area contributed by atoms with Crippen molar-refractivity contribution in [1.82, 2.24) is 4.90 Å². The van der Waals surface area contributed by atoms with Crippen LogP contribution in [-0.4, -0.2) is 33.1 Å². The van der Waals surface area contributed by atoms with E-state index in [2.05, 4.69) is 4.99 Å². The fraction of sp³-hybridized carbons (Fsp3) is 0.200. The number of aliphatic hydroxyl groups excluding tert-OH is 1. The average molecular weight is 206 g/mol. The Hall–Kier alpha value is -1.88. The molecule has 2 aliphatic heterocycles. The van der Waals surface area contributed by atoms with Crippen LogP contribution in [0.4, 0.5) is 0 Å². The Labute approximate surface area is 86.3 Å². The van der Waals surface area contributed by atoms with Crippen molar-refractivity contribution in [2.45, 2.75) is 13.2 Å². The standard InChI is InChI=1S/C10H10N2O3/c1-6-3-2-4-12-8(6)11-5-7(9(12)13)10(14)15/h2-5,9,13H,1H3,(H,14,15)/t9-/m0/s1. The molecule has 15 heavy (non-hydrogen) atoms. The van der Waals surface area contributed by atoms with E-state index < -0.39 is 12.2 Å². The summed E-state index contributed by atoms with van der Waals surface area (Å²) in [5.41, 5.74) is 0.760. The minimum Gasteiger partial charge on any atom is -0.478 e. The van der Waals surface area contributed by atoms with Gasteiger partial charge in [0.05, 0.1) is 0 Å². The van der Waals surface area contributed by atoms with E-state index in [1.54, 1.807) is 12.3 Å². The van der Waals surface area contributed by atoms with Gasteiger partial charge < -0.3 is 15.1 Å². The highest BCUT2D eigenvalue weighted by atomic mass is 16.4. The van der Waals surface area contributed by atoms with E-state index in [-0.39, 0.29) is 5.57 Å². The van der Waals surface area contributed by atoms with Gasteiger partial charge in [-0.15, -0.1) is 0 Å². The number of fused-ring (bicyclic) bond motifs is 1. The lowest BCUT2D eigenvalue weighted by atomic mass is 10.1. The third kappa shape index (κ3) is 1.46. The van der Waals surface area contributed by atoms with Gasteiger partial charge in [-0.1, -0.05) is 6.08 Å². The largest absolute Gasteiger partial charge is 0.478 e. The average Bonchev–Trinajstić information content (AvgIpc) is 2.19. The van der Waals surface area contributed by atoms with E-state index in [4.69, 9.17) is 5.11 Å². The Morgan fingerprint density at radius 3 is 3.00 bits per heavy atom. The van der Waals surface area contributed by atoms with Crippen molar-refractivity contribution in [2.75, 3.05) is 0 Å². The Bertz CT molecular complexity index is 432. The Morgan fingerprint density at radius 2 is 2.33 bits per heavy atom. The number of amidine groups is 1. The highest BCUT2D eigenvalue weighted by molar-refractivity contribution is 6.02. The van der Waals surface area contributed by atoms with Crippen LogP contribution in [0, 0.1) is 0 Å². The van der Waals surface area contributed by atoms with Crippen molar-refractivity contribution < 1.29 is 15.0 Å². The Balaban J connectivity index is 2.44. The molecule has 1 atom stereocenters. The molecule has 2 N–H and O–H groups in total. The molecule has 78 valence electrons. The van der Waals surface area contributed by atoms with Crippen molar-refractivity contribution in [2.24, 2.45) is 4.99 Å². The van der Waals surface area contributed by atoms with Crippen LogP contribution in [0.3, 0.4) is 0 Å². The summed E-state index contributed by atoms with van der Waals surface area (Å²) < 4.78 is 0. The van der Waals surface area contributed by atoms with Gasteiger partial charge in [-0.05, 0) is 18.6 Å². The molecule has 0 saturated carbocycles. The first kappa shape index (κ1) is 9.67. The molecule has 2 aliphatic rings. The molecule has 0 aromatic heterocycles. The van der Waals surface area contributed by atoms with Crippen LogP contribution in [0.25, 0.3) is 0 Å². The van der Waals surface area contributed by atoms with E-state index in [1.165, 1.54) is 11.1 Å². The summed E-state index contributed by atoms with van der Waals surface area (Å²) in [6.45, 7) is 1.85. The molecule has 0 amide bonds. The van der Waals surface area contributed by atoms with Gasteiger partial charge in [-0.2, -0.15) is 0 Å². The number of carboxylic acids is 1. The maximum Gasteiger partial charge on any atom is 0.337 e. The molecule has 0 fully saturated rings. The van der Waals surface area contributed by atoms with Crippen LogP contribution in [0.1, 0.15) is 6.92 Å². The second-order valence-corrected chi connectivity index (χ2v) is 3.31. The zero-order valence-electron chi connectivity index (χ0n) is 8.08. The number of hydrogen-bond acceptors (Lipinski definition) is 4.